The fourth-order valence-corrected chi connectivity index (χ4v) is 2.07. The predicted octanol–water partition coefficient (Wildman–Crippen LogP) is 2.14. The van der Waals surface area contributed by atoms with Crippen LogP contribution >= 0.6 is 0 Å². The molecule has 2 N–H and O–H groups in total. The largest absolute Gasteiger partial charge is 0.324 e. The van der Waals surface area contributed by atoms with Crippen LogP contribution in [0.1, 0.15) is 6.42 Å². The van der Waals surface area contributed by atoms with E-state index in [4.69, 9.17) is 0 Å². The fraction of sp³-hybridized carbons (Fsp3) is 0.214. The van der Waals surface area contributed by atoms with E-state index in [0.29, 0.717) is 0 Å². The number of nitrogens with one attached hydrogen (secondary N) is 2. The van der Waals surface area contributed by atoms with Gasteiger partial charge in [-0.15, -0.1) is 0 Å². The minimum absolute atomic E-state index is 0.0195. The SMILES string of the molecule is O=C(Nc1cccc2ccccc12)C1CCN1. The molecule has 1 aliphatic rings. The maximum atomic E-state index is 11.9. The quantitative estimate of drug-likeness (QED) is 0.823. The Hall–Kier alpha value is -1.87. The smallest absolute Gasteiger partial charge is 0.241 e. The number of carbonyl (C=O) groups excluding carboxylic acids is 1. The molecular formula is C14H14N2O. The normalized spacial score (nSPS) is 18.7. The molecule has 17 heavy (non-hydrogen) atoms. The molecule has 0 bridgehead atoms. The first-order chi connectivity index (χ1) is 8.34. The van der Waals surface area contributed by atoms with Crippen molar-refractivity contribution in [3.05, 3.63) is 42.5 Å². The standard InChI is InChI=1S/C14H14N2O/c17-14(13-8-9-15-13)16-12-7-3-5-10-4-1-2-6-11(10)12/h1-7,13,15H,8-9H2,(H,16,17). The average Bonchev–Trinajstić information content (AvgIpc) is 2.27. The monoisotopic (exact) mass is 226 g/mol. The maximum Gasteiger partial charge on any atom is 0.241 e. The Kier molecular flexibility index (Phi) is 2.53. The van der Waals surface area contributed by atoms with Crippen molar-refractivity contribution in [3.63, 3.8) is 0 Å². The zero-order valence-corrected chi connectivity index (χ0v) is 9.44. The molecule has 0 aliphatic carbocycles. The van der Waals surface area contributed by atoms with Gasteiger partial charge in [-0.2, -0.15) is 0 Å². The highest BCUT2D eigenvalue weighted by molar-refractivity contribution is 6.04. The van der Waals surface area contributed by atoms with E-state index in [2.05, 4.69) is 10.6 Å². The third kappa shape index (κ3) is 1.89. The van der Waals surface area contributed by atoms with Gasteiger partial charge in [0, 0.05) is 11.1 Å². The highest BCUT2D eigenvalue weighted by Gasteiger charge is 2.24. The van der Waals surface area contributed by atoms with Crippen LogP contribution < -0.4 is 10.6 Å². The van der Waals surface area contributed by atoms with Crippen LogP contribution in [-0.4, -0.2) is 18.5 Å². The second-order valence-electron chi connectivity index (χ2n) is 4.31. The van der Waals surface area contributed by atoms with Crippen LogP contribution in [0.4, 0.5) is 5.69 Å². The zero-order chi connectivity index (χ0) is 11.7. The third-order valence-corrected chi connectivity index (χ3v) is 3.19. The Bertz CT molecular complexity index is 556. The van der Waals surface area contributed by atoms with E-state index in [1.807, 2.05) is 42.5 Å². The van der Waals surface area contributed by atoms with Gasteiger partial charge < -0.3 is 10.6 Å². The average molecular weight is 226 g/mol. The molecule has 1 amide bonds. The van der Waals surface area contributed by atoms with E-state index in [-0.39, 0.29) is 11.9 Å². The van der Waals surface area contributed by atoms with Crippen LogP contribution in [0.15, 0.2) is 42.5 Å². The van der Waals surface area contributed by atoms with E-state index >= 15 is 0 Å². The topological polar surface area (TPSA) is 41.1 Å². The van der Waals surface area contributed by atoms with Crippen LogP contribution in [0.2, 0.25) is 0 Å². The van der Waals surface area contributed by atoms with Crippen LogP contribution in [0, 0.1) is 0 Å². The lowest BCUT2D eigenvalue weighted by Crippen LogP contribution is -2.50. The van der Waals surface area contributed by atoms with Crippen molar-refractivity contribution in [1.29, 1.82) is 0 Å². The Labute approximate surface area is 99.8 Å². The van der Waals surface area contributed by atoms with Crippen molar-refractivity contribution in [2.24, 2.45) is 0 Å². The molecule has 1 fully saturated rings. The van der Waals surface area contributed by atoms with Crippen LogP contribution in [0.3, 0.4) is 0 Å². The fourth-order valence-electron chi connectivity index (χ4n) is 2.07. The second-order valence-corrected chi connectivity index (χ2v) is 4.31. The van der Waals surface area contributed by atoms with Gasteiger partial charge in [0.2, 0.25) is 5.91 Å². The molecule has 3 heteroatoms. The molecule has 2 aromatic rings. The maximum absolute atomic E-state index is 11.9. The molecular weight excluding hydrogens is 212 g/mol. The summed E-state index contributed by atoms with van der Waals surface area (Å²) in [5, 5.41) is 8.32. The summed E-state index contributed by atoms with van der Waals surface area (Å²) in [5.41, 5.74) is 0.891. The number of benzene rings is 2. The summed E-state index contributed by atoms with van der Waals surface area (Å²) < 4.78 is 0. The summed E-state index contributed by atoms with van der Waals surface area (Å²) in [6, 6.07) is 14.0. The number of hydrogen-bond donors (Lipinski definition) is 2. The molecule has 1 saturated heterocycles. The summed E-state index contributed by atoms with van der Waals surface area (Å²) in [6.07, 6.45) is 0.927. The van der Waals surface area contributed by atoms with Crippen molar-refractivity contribution in [2.75, 3.05) is 11.9 Å². The number of amides is 1. The Balaban J connectivity index is 1.91. The van der Waals surface area contributed by atoms with Crippen molar-refractivity contribution in [1.82, 2.24) is 5.32 Å². The minimum Gasteiger partial charge on any atom is -0.324 e. The van der Waals surface area contributed by atoms with Crippen molar-refractivity contribution in [2.45, 2.75) is 12.5 Å². The van der Waals surface area contributed by atoms with Gasteiger partial charge in [-0.1, -0.05) is 36.4 Å². The summed E-state index contributed by atoms with van der Waals surface area (Å²) in [4.78, 5) is 11.9. The van der Waals surface area contributed by atoms with Gasteiger partial charge >= 0.3 is 0 Å². The molecule has 3 nitrogen and oxygen atoms in total. The third-order valence-electron chi connectivity index (χ3n) is 3.19. The van der Waals surface area contributed by atoms with Gasteiger partial charge in [-0.3, -0.25) is 4.79 Å². The number of fused-ring (bicyclic) bond motifs is 1. The van der Waals surface area contributed by atoms with E-state index in [0.717, 1.165) is 29.4 Å². The molecule has 0 radical (unpaired) electrons. The molecule has 1 aliphatic heterocycles. The van der Waals surface area contributed by atoms with E-state index in [1.165, 1.54) is 0 Å². The Morgan fingerprint density at radius 3 is 2.71 bits per heavy atom. The van der Waals surface area contributed by atoms with Gasteiger partial charge in [0.15, 0.2) is 0 Å². The van der Waals surface area contributed by atoms with Gasteiger partial charge in [0.05, 0.1) is 6.04 Å². The molecule has 2 aromatic carbocycles. The summed E-state index contributed by atoms with van der Waals surface area (Å²) >= 11 is 0. The van der Waals surface area contributed by atoms with E-state index in [9.17, 15) is 4.79 Å². The summed E-state index contributed by atoms with van der Waals surface area (Å²) in [7, 11) is 0. The zero-order valence-electron chi connectivity index (χ0n) is 9.44. The molecule has 1 heterocycles. The molecule has 1 atom stereocenters. The Morgan fingerprint density at radius 1 is 1.18 bits per heavy atom. The molecule has 1 unspecified atom stereocenters. The van der Waals surface area contributed by atoms with Crippen LogP contribution in [0.5, 0.6) is 0 Å². The second kappa shape index (κ2) is 4.18. The number of hydrogen-bond acceptors (Lipinski definition) is 2. The first kappa shape index (κ1) is 10.3. The van der Waals surface area contributed by atoms with Gasteiger partial charge in [0.25, 0.3) is 0 Å². The van der Waals surface area contributed by atoms with Crippen molar-refractivity contribution < 1.29 is 4.79 Å². The number of carbonyl (C=O) groups is 1. The van der Waals surface area contributed by atoms with Crippen LogP contribution in [0.25, 0.3) is 10.8 Å². The molecule has 0 aromatic heterocycles. The van der Waals surface area contributed by atoms with Gasteiger partial charge in [-0.05, 0) is 24.4 Å². The molecule has 0 saturated carbocycles. The first-order valence-electron chi connectivity index (χ1n) is 5.86. The summed E-state index contributed by atoms with van der Waals surface area (Å²) in [6.45, 7) is 0.938. The lowest BCUT2D eigenvalue weighted by atomic mass is 10.1. The molecule has 86 valence electrons. The van der Waals surface area contributed by atoms with E-state index < -0.39 is 0 Å². The number of rotatable bonds is 2. The van der Waals surface area contributed by atoms with Crippen LogP contribution in [-0.2, 0) is 4.79 Å². The Morgan fingerprint density at radius 2 is 1.94 bits per heavy atom. The highest BCUT2D eigenvalue weighted by atomic mass is 16.2. The van der Waals surface area contributed by atoms with Crippen molar-refractivity contribution >= 4 is 22.4 Å². The van der Waals surface area contributed by atoms with Gasteiger partial charge in [0.1, 0.15) is 0 Å². The highest BCUT2D eigenvalue weighted by Crippen LogP contribution is 2.23. The molecule has 0 spiro atoms. The lowest BCUT2D eigenvalue weighted by molar-refractivity contribution is -0.119. The predicted molar refractivity (Wildman–Crippen MR) is 69.0 cm³/mol. The lowest BCUT2D eigenvalue weighted by Gasteiger charge is -2.26. The summed E-state index contributed by atoms with van der Waals surface area (Å²) in [5.74, 6) is 0.0626. The first-order valence-corrected chi connectivity index (χ1v) is 5.86. The van der Waals surface area contributed by atoms with Gasteiger partial charge in [-0.25, -0.2) is 0 Å². The van der Waals surface area contributed by atoms with E-state index in [1.54, 1.807) is 0 Å². The molecule has 3 rings (SSSR count). The van der Waals surface area contributed by atoms with Crippen molar-refractivity contribution in [3.8, 4) is 0 Å². The minimum atomic E-state index is -0.0195. The number of anilines is 1.